The molecule has 4 atom stereocenters. The fourth-order valence-corrected chi connectivity index (χ4v) is 3.73. The molecule has 0 spiro atoms. The third-order valence-electron chi connectivity index (χ3n) is 4.08. The molecule has 3 aliphatic carbocycles. The number of allylic oxidation sites excluding steroid dienone is 2. The molecule has 3 rings (SSSR count). The Hall–Kier alpha value is -0.260. The molecule has 0 saturated heterocycles. The molecular weight excluding hydrogens is 132 g/mol. The molecule has 0 aromatic rings. The van der Waals surface area contributed by atoms with E-state index in [2.05, 4.69) is 19.9 Å². The average molecular weight is 148 g/mol. The summed E-state index contributed by atoms with van der Waals surface area (Å²) in [6.07, 6.45) is 7.16. The van der Waals surface area contributed by atoms with Gasteiger partial charge in [-0.05, 0) is 49.9 Å². The van der Waals surface area contributed by atoms with Crippen molar-refractivity contribution in [1.82, 2.24) is 0 Å². The summed E-state index contributed by atoms with van der Waals surface area (Å²) in [5, 5.41) is 0. The molecule has 0 bridgehead atoms. The van der Waals surface area contributed by atoms with E-state index in [4.69, 9.17) is 0 Å². The summed E-state index contributed by atoms with van der Waals surface area (Å²) in [5.41, 5.74) is 2.33. The molecule has 0 heteroatoms. The Morgan fingerprint density at radius 1 is 1.27 bits per heavy atom. The molecule has 3 aliphatic rings. The van der Waals surface area contributed by atoms with Crippen LogP contribution >= 0.6 is 0 Å². The van der Waals surface area contributed by atoms with E-state index in [0.29, 0.717) is 0 Å². The van der Waals surface area contributed by atoms with E-state index in [9.17, 15) is 0 Å². The highest BCUT2D eigenvalue weighted by molar-refractivity contribution is 5.40. The third-order valence-corrected chi connectivity index (χ3v) is 4.08. The first-order chi connectivity index (χ1) is 5.27. The minimum Gasteiger partial charge on any atom is -0.0798 e. The van der Waals surface area contributed by atoms with E-state index in [1.807, 2.05) is 0 Å². The summed E-state index contributed by atoms with van der Waals surface area (Å²) >= 11 is 0. The minimum atomic E-state index is 0.789. The van der Waals surface area contributed by atoms with Crippen LogP contribution in [0.5, 0.6) is 0 Å². The van der Waals surface area contributed by atoms with Crippen LogP contribution in [0.3, 0.4) is 0 Å². The number of fused-ring (bicyclic) bond motifs is 2. The van der Waals surface area contributed by atoms with Crippen molar-refractivity contribution in [1.29, 1.82) is 0 Å². The molecular formula is C11H16. The van der Waals surface area contributed by atoms with Crippen molar-refractivity contribution in [2.45, 2.75) is 33.1 Å². The fourth-order valence-electron chi connectivity index (χ4n) is 3.73. The Kier molecular flexibility index (Phi) is 0.898. The highest BCUT2D eigenvalue weighted by Gasteiger charge is 2.84. The van der Waals surface area contributed by atoms with Gasteiger partial charge in [0, 0.05) is 0 Å². The lowest BCUT2D eigenvalue weighted by molar-refractivity contribution is 0.301. The molecule has 3 fully saturated rings. The average Bonchev–Trinajstić information content (AvgIpc) is 2.78. The van der Waals surface area contributed by atoms with Crippen LogP contribution in [-0.4, -0.2) is 0 Å². The van der Waals surface area contributed by atoms with Crippen LogP contribution in [0, 0.1) is 23.2 Å². The van der Waals surface area contributed by atoms with E-state index in [0.717, 1.165) is 23.2 Å². The quantitative estimate of drug-likeness (QED) is 0.501. The first kappa shape index (κ1) is 6.28. The molecule has 0 nitrogen and oxygen atoms in total. The van der Waals surface area contributed by atoms with Crippen molar-refractivity contribution in [3.05, 3.63) is 11.6 Å². The molecule has 0 aromatic heterocycles. The van der Waals surface area contributed by atoms with Gasteiger partial charge in [-0.25, -0.2) is 0 Å². The van der Waals surface area contributed by atoms with Gasteiger partial charge in [-0.15, -0.1) is 0 Å². The van der Waals surface area contributed by atoms with Gasteiger partial charge in [0.25, 0.3) is 0 Å². The molecule has 0 heterocycles. The highest BCUT2D eigenvalue weighted by Crippen LogP contribution is 2.89. The van der Waals surface area contributed by atoms with Crippen LogP contribution in [0.25, 0.3) is 0 Å². The number of hydrogen-bond acceptors (Lipinski definition) is 0. The molecule has 3 saturated carbocycles. The van der Waals surface area contributed by atoms with Crippen molar-refractivity contribution < 1.29 is 0 Å². The van der Waals surface area contributed by atoms with Crippen molar-refractivity contribution in [2.75, 3.05) is 0 Å². The Labute approximate surface area is 68.7 Å². The molecule has 0 aromatic carbocycles. The van der Waals surface area contributed by atoms with Gasteiger partial charge in [-0.1, -0.05) is 18.1 Å². The largest absolute Gasteiger partial charge is 0.0798 e. The molecule has 60 valence electrons. The first-order valence-corrected chi connectivity index (χ1v) is 4.93. The molecule has 0 N–H and O–H groups in total. The maximum Gasteiger partial charge on any atom is -0.00190 e. The van der Waals surface area contributed by atoms with Gasteiger partial charge in [0.05, 0.1) is 0 Å². The maximum atomic E-state index is 2.58. The maximum absolute atomic E-state index is 2.58. The topological polar surface area (TPSA) is 0 Å². The molecule has 0 radical (unpaired) electrons. The second-order valence-electron chi connectivity index (χ2n) is 4.89. The lowest BCUT2D eigenvalue weighted by Gasteiger charge is -2.23. The monoisotopic (exact) mass is 148 g/mol. The lowest BCUT2D eigenvalue weighted by atomic mass is 9.82. The molecule has 11 heavy (non-hydrogen) atoms. The predicted molar refractivity (Wildman–Crippen MR) is 46.2 cm³/mol. The zero-order valence-electron chi connectivity index (χ0n) is 7.43. The molecule has 0 aliphatic heterocycles. The summed E-state index contributed by atoms with van der Waals surface area (Å²) in [6.45, 7) is 4.50. The Balaban J connectivity index is 1.86. The van der Waals surface area contributed by atoms with Crippen molar-refractivity contribution in [3.8, 4) is 0 Å². The van der Waals surface area contributed by atoms with Gasteiger partial charge in [-0.2, -0.15) is 0 Å². The van der Waals surface area contributed by atoms with Gasteiger partial charge in [0.2, 0.25) is 0 Å². The number of rotatable bonds is 1. The second-order valence-corrected chi connectivity index (χ2v) is 4.89. The van der Waals surface area contributed by atoms with Crippen LogP contribution in [-0.2, 0) is 0 Å². The highest BCUT2D eigenvalue weighted by atomic mass is 14.9. The van der Waals surface area contributed by atoms with Gasteiger partial charge in [-0.3, -0.25) is 0 Å². The summed E-state index contributed by atoms with van der Waals surface area (Å²) in [7, 11) is 0. The van der Waals surface area contributed by atoms with Crippen LogP contribution in [0.1, 0.15) is 33.1 Å². The lowest BCUT2D eigenvalue weighted by Crippen LogP contribution is -2.14. The van der Waals surface area contributed by atoms with Gasteiger partial charge in [0.1, 0.15) is 0 Å². The van der Waals surface area contributed by atoms with Crippen LogP contribution < -0.4 is 0 Å². The number of hydrogen-bond donors (Lipinski definition) is 0. The Bertz CT molecular complexity index is 211. The van der Waals surface area contributed by atoms with Crippen molar-refractivity contribution >= 4 is 0 Å². The van der Waals surface area contributed by atoms with Crippen molar-refractivity contribution in [2.24, 2.45) is 23.2 Å². The summed E-state index contributed by atoms with van der Waals surface area (Å²) < 4.78 is 0. The normalized spacial score (nSPS) is 56.4. The van der Waals surface area contributed by atoms with Gasteiger partial charge in [0.15, 0.2) is 0 Å². The SMILES string of the molecule is CC(C)=CC12C3[C@H]1CCC[C@@H]32. The second kappa shape index (κ2) is 1.57. The fraction of sp³-hybridized carbons (Fsp3) is 0.818. The summed E-state index contributed by atoms with van der Waals surface area (Å²) in [5.74, 6) is 3.43. The Morgan fingerprint density at radius 3 is 2.36 bits per heavy atom. The van der Waals surface area contributed by atoms with Crippen molar-refractivity contribution in [3.63, 3.8) is 0 Å². The summed E-state index contributed by atoms with van der Waals surface area (Å²) in [6, 6.07) is 0. The smallest absolute Gasteiger partial charge is 0.00190 e. The van der Waals surface area contributed by atoms with E-state index in [-0.39, 0.29) is 0 Å². The standard InChI is InChI=1S/C11H16/c1-7(2)6-11-8-4-3-5-9(11)10(8)11/h6,8-10H,3-5H2,1-2H3/t8-,9+,10?,11?. The zero-order chi connectivity index (χ0) is 7.64. The molecule has 0 amide bonds. The first-order valence-electron chi connectivity index (χ1n) is 4.93. The van der Waals surface area contributed by atoms with Crippen LogP contribution in [0.15, 0.2) is 11.6 Å². The van der Waals surface area contributed by atoms with E-state index in [1.54, 1.807) is 5.57 Å². The molecule has 2 unspecified atom stereocenters. The van der Waals surface area contributed by atoms with Crippen LogP contribution in [0.4, 0.5) is 0 Å². The predicted octanol–water partition coefficient (Wildman–Crippen LogP) is 3.00. The van der Waals surface area contributed by atoms with Gasteiger partial charge >= 0.3 is 0 Å². The van der Waals surface area contributed by atoms with E-state index < -0.39 is 0 Å². The third kappa shape index (κ3) is 0.544. The van der Waals surface area contributed by atoms with Crippen LogP contribution in [0.2, 0.25) is 0 Å². The van der Waals surface area contributed by atoms with E-state index in [1.165, 1.54) is 19.3 Å². The minimum absolute atomic E-state index is 0.789. The zero-order valence-corrected chi connectivity index (χ0v) is 7.43. The van der Waals surface area contributed by atoms with Gasteiger partial charge < -0.3 is 0 Å². The Morgan fingerprint density at radius 2 is 1.91 bits per heavy atom. The van der Waals surface area contributed by atoms with E-state index >= 15 is 0 Å². The summed E-state index contributed by atoms with van der Waals surface area (Å²) in [4.78, 5) is 0.